The molecule has 0 bridgehead atoms. The van der Waals surface area contributed by atoms with Gasteiger partial charge in [0.1, 0.15) is 11.8 Å². The summed E-state index contributed by atoms with van der Waals surface area (Å²) in [6.07, 6.45) is 0.819. The van der Waals surface area contributed by atoms with E-state index in [0.29, 0.717) is 6.54 Å². The number of halogens is 3. The maximum absolute atomic E-state index is 12.8. The average molecular weight is 265 g/mol. The molecule has 0 radical (unpaired) electrons. The van der Waals surface area contributed by atoms with Crippen molar-refractivity contribution in [3.63, 3.8) is 0 Å². The van der Waals surface area contributed by atoms with E-state index in [1.165, 1.54) is 6.42 Å². The number of nitrogens with zero attached hydrogens (tertiary/aromatic N) is 1. The second kappa shape index (κ2) is 6.41. The molecule has 1 rings (SSSR count). The fourth-order valence-corrected chi connectivity index (χ4v) is 2.60. The molecule has 1 unspecified atom stereocenters. The summed E-state index contributed by atoms with van der Waals surface area (Å²) in [5.74, 6) is -2.61. The van der Waals surface area contributed by atoms with Crippen molar-refractivity contribution in [1.82, 2.24) is 4.90 Å². The number of hydrogen-bond acceptors (Lipinski definition) is 2. The lowest BCUT2D eigenvalue weighted by Crippen LogP contribution is -2.47. The van der Waals surface area contributed by atoms with Gasteiger partial charge < -0.3 is 5.73 Å². The summed E-state index contributed by atoms with van der Waals surface area (Å²) < 4.78 is 38.4. The van der Waals surface area contributed by atoms with Crippen LogP contribution in [0.2, 0.25) is 0 Å². The highest BCUT2D eigenvalue weighted by molar-refractivity contribution is 5.80. The van der Waals surface area contributed by atoms with Gasteiger partial charge in [-0.15, -0.1) is 0 Å². The van der Waals surface area contributed by atoms with E-state index >= 15 is 0 Å². The van der Waals surface area contributed by atoms with Crippen LogP contribution in [0.25, 0.3) is 0 Å². The molecule has 1 aliphatic carbocycles. The van der Waals surface area contributed by atoms with Crippen molar-refractivity contribution in [2.24, 2.45) is 11.7 Å². The number of hydrogen-bond donors (Lipinski definition) is 2. The summed E-state index contributed by atoms with van der Waals surface area (Å²) in [5.41, 5.74) is 5.09. The molecule has 1 saturated carbocycles. The molecule has 1 aliphatic rings. The first kappa shape index (κ1) is 15.3. The van der Waals surface area contributed by atoms with Crippen molar-refractivity contribution >= 4 is 5.84 Å². The zero-order valence-corrected chi connectivity index (χ0v) is 10.8. The zero-order chi connectivity index (χ0) is 13.8. The second-order valence-corrected chi connectivity index (χ2v) is 4.93. The highest BCUT2D eigenvalue weighted by atomic mass is 19.4. The van der Waals surface area contributed by atoms with Gasteiger partial charge in [-0.25, -0.2) is 0 Å². The van der Waals surface area contributed by atoms with Gasteiger partial charge in [-0.05, 0) is 19.4 Å². The predicted molar refractivity (Wildman–Crippen MR) is 65.6 cm³/mol. The molecule has 0 aromatic heterocycles. The van der Waals surface area contributed by atoms with Crippen LogP contribution in [0.1, 0.15) is 39.0 Å². The lowest BCUT2D eigenvalue weighted by molar-refractivity contribution is -0.161. The number of rotatable bonds is 5. The van der Waals surface area contributed by atoms with Crippen LogP contribution < -0.4 is 5.73 Å². The molecule has 0 heterocycles. The molecule has 1 atom stereocenters. The first-order chi connectivity index (χ1) is 8.36. The molecule has 0 aliphatic heterocycles. The van der Waals surface area contributed by atoms with Crippen LogP contribution in [0.15, 0.2) is 0 Å². The van der Waals surface area contributed by atoms with Crippen molar-refractivity contribution in [1.29, 1.82) is 5.41 Å². The molecule has 106 valence electrons. The van der Waals surface area contributed by atoms with Crippen LogP contribution in [-0.4, -0.2) is 36.0 Å². The normalized spacial score (nSPS) is 20.1. The molecule has 1 fully saturated rings. The maximum atomic E-state index is 12.8. The minimum absolute atomic E-state index is 0.181. The highest BCUT2D eigenvalue weighted by Crippen LogP contribution is 2.29. The lowest BCUT2D eigenvalue weighted by atomic mass is 9.93. The Morgan fingerprint density at radius 2 is 1.89 bits per heavy atom. The largest absolute Gasteiger partial charge is 0.399 e. The van der Waals surface area contributed by atoms with Gasteiger partial charge in [0.25, 0.3) is 0 Å². The summed E-state index contributed by atoms with van der Waals surface area (Å²) in [6, 6.07) is 0.216. The fraction of sp³-hybridized carbons (Fsp3) is 0.917. The number of amidine groups is 1. The van der Waals surface area contributed by atoms with Crippen molar-refractivity contribution < 1.29 is 13.2 Å². The van der Waals surface area contributed by atoms with E-state index < -0.39 is 17.9 Å². The van der Waals surface area contributed by atoms with Crippen LogP contribution in [-0.2, 0) is 0 Å². The third-order valence-corrected chi connectivity index (χ3v) is 3.68. The van der Waals surface area contributed by atoms with E-state index in [1.54, 1.807) is 0 Å². The first-order valence-electron chi connectivity index (χ1n) is 6.51. The second-order valence-electron chi connectivity index (χ2n) is 4.93. The van der Waals surface area contributed by atoms with Gasteiger partial charge in [0, 0.05) is 12.6 Å². The molecule has 0 saturated heterocycles. The number of nitrogens with two attached hydrogens (primary N) is 1. The Morgan fingerprint density at radius 1 is 1.33 bits per heavy atom. The molecule has 3 nitrogen and oxygen atoms in total. The highest BCUT2D eigenvalue weighted by Gasteiger charge is 2.43. The van der Waals surface area contributed by atoms with Crippen LogP contribution in [0.4, 0.5) is 13.2 Å². The maximum Gasteiger partial charge on any atom is 0.399 e. The van der Waals surface area contributed by atoms with Gasteiger partial charge in [0.15, 0.2) is 0 Å². The quantitative estimate of drug-likeness (QED) is 0.593. The van der Waals surface area contributed by atoms with Crippen LogP contribution in [0.3, 0.4) is 0 Å². The summed E-state index contributed by atoms with van der Waals surface area (Å²) in [5, 5.41) is 7.12. The van der Waals surface area contributed by atoms with E-state index in [4.69, 9.17) is 11.1 Å². The monoisotopic (exact) mass is 265 g/mol. The van der Waals surface area contributed by atoms with Gasteiger partial charge in [0.05, 0.1) is 0 Å². The standard InChI is InChI=1S/C12H22F3N3/c1-2-18(9-6-4-3-5-7-9)8-10(11(16)17)12(13,14)15/h9-10H,2-8H2,1H3,(H3,16,17). The third kappa shape index (κ3) is 4.15. The van der Waals surface area contributed by atoms with Crippen molar-refractivity contribution in [2.75, 3.05) is 13.1 Å². The Balaban J connectivity index is 2.67. The number of nitrogens with one attached hydrogen (secondary N) is 1. The molecule has 18 heavy (non-hydrogen) atoms. The van der Waals surface area contributed by atoms with E-state index in [1.807, 2.05) is 11.8 Å². The van der Waals surface area contributed by atoms with Gasteiger partial charge in [0.2, 0.25) is 0 Å². The summed E-state index contributed by atoms with van der Waals surface area (Å²) >= 11 is 0. The Kier molecular flexibility index (Phi) is 5.44. The van der Waals surface area contributed by atoms with E-state index in [9.17, 15) is 13.2 Å². The Morgan fingerprint density at radius 3 is 2.28 bits per heavy atom. The van der Waals surface area contributed by atoms with Gasteiger partial charge >= 0.3 is 6.18 Å². The average Bonchev–Trinajstić information content (AvgIpc) is 2.29. The minimum Gasteiger partial charge on any atom is -0.387 e. The minimum atomic E-state index is -4.42. The van der Waals surface area contributed by atoms with Crippen LogP contribution >= 0.6 is 0 Å². The van der Waals surface area contributed by atoms with Crippen LogP contribution in [0, 0.1) is 11.3 Å². The number of alkyl halides is 3. The van der Waals surface area contributed by atoms with Crippen LogP contribution in [0.5, 0.6) is 0 Å². The molecule has 0 aromatic carbocycles. The molecular formula is C12H22F3N3. The molecule has 0 amide bonds. The smallest absolute Gasteiger partial charge is 0.387 e. The van der Waals surface area contributed by atoms with Gasteiger partial charge in [-0.2, -0.15) is 13.2 Å². The summed E-state index contributed by atoms with van der Waals surface area (Å²) in [7, 11) is 0. The van der Waals surface area contributed by atoms with Crippen molar-refractivity contribution in [3.8, 4) is 0 Å². The van der Waals surface area contributed by atoms with E-state index in [-0.39, 0.29) is 12.6 Å². The van der Waals surface area contributed by atoms with Gasteiger partial charge in [-0.3, -0.25) is 10.3 Å². The molecule has 6 heteroatoms. The fourth-order valence-electron chi connectivity index (χ4n) is 2.60. The van der Waals surface area contributed by atoms with E-state index in [0.717, 1.165) is 25.7 Å². The van der Waals surface area contributed by atoms with Gasteiger partial charge in [-0.1, -0.05) is 26.2 Å². The zero-order valence-electron chi connectivity index (χ0n) is 10.8. The SMILES string of the molecule is CCN(CC(C(=N)N)C(F)(F)F)C1CCCCC1. The molecule has 3 N–H and O–H groups in total. The molecule has 0 aromatic rings. The molecular weight excluding hydrogens is 243 g/mol. The molecule has 0 spiro atoms. The predicted octanol–water partition coefficient (Wildman–Crippen LogP) is 2.76. The summed E-state index contributed by atoms with van der Waals surface area (Å²) in [4.78, 5) is 1.83. The first-order valence-corrected chi connectivity index (χ1v) is 6.51. The Hall–Kier alpha value is -0.780. The topological polar surface area (TPSA) is 53.1 Å². The Bertz CT molecular complexity index is 272. The lowest BCUT2D eigenvalue weighted by Gasteiger charge is -2.36. The van der Waals surface area contributed by atoms with Crippen molar-refractivity contribution in [3.05, 3.63) is 0 Å². The van der Waals surface area contributed by atoms with Crippen molar-refractivity contribution in [2.45, 2.75) is 51.2 Å². The Labute approximate surface area is 106 Å². The van der Waals surface area contributed by atoms with E-state index in [2.05, 4.69) is 0 Å². The summed E-state index contributed by atoms with van der Waals surface area (Å²) in [6.45, 7) is 2.26. The third-order valence-electron chi connectivity index (χ3n) is 3.68.